The van der Waals surface area contributed by atoms with Gasteiger partial charge in [-0.1, -0.05) is 0 Å². The second kappa shape index (κ2) is 2.20. The van der Waals surface area contributed by atoms with Crippen molar-refractivity contribution in [1.82, 2.24) is 14.6 Å². The lowest BCUT2D eigenvalue weighted by Gasteiger charge is -1.86. The van der Waals surface area contributed by atoms with Gasteiger partial charge in [-0.05, 0) is 13.8 Å². The molecule has 0 bridgehead atoms. The molecule has 1 N–H and O–H groups in total. The molecule has 2 rings (SSSR count). The predicted molar refractivity (Wildman–Crippen MR) is 44.4 cm³/mol. The number of hydrogen-bond donors (Lipinski definition) is 1. The van der Waals surface area contributed by atoms with Gasteiger partial charge in [0.1, 0.15) is 0 Å². The molecule has 12 heavy (non-hydrogen) atoms. The van der Waals surface area contributed by atoms with Crippen molar-refractivity contribution in [3.8, 4) is 0 Å². The summed E-state index contributed by atoms with van der Waals surface area (Å²) >= 11 is 0. The summed E-state index contributed by atoms with van der Waals surface area (Å²) < 4.78 is 1.80. The second-order valence-electron chi connectivity index (χ2n) is 2.83. The van der Waals surface area contributed by atoms with Crippen LogP contribution in [-0.2, 0) is 0 Å². The molecule has 4 nitrogen and oxygen atoms in total. The quantitative estimate of drug-likeness (QED) is 0.640. The van der Waals surface area contributed by atoms with Gasteiger partial charge in [0.05, 0.1) is 17.5 Å². The summed E-state index contributed by atoms with van der Waals surface area (Å²) in [6.45, 7) is 3.79. The fourth-order valence-corrected chi connectivity index (χ4v) is 1.30. The molecule has 0 aliphatic heterocycles. The lowest BCUT2D eigenvalue weighted by molar-refractivity contribution is 0.112. The molecule has 0 fully saturated rings. The zero-order valence-corrected chi connectivity index (χ0v) is 6.96. The van der Waals surface area contributed by atoms with E-state index in [1.54, 1.807) is 10.7 Å². The number of fused-ring (bicyclic) bond motifs is 1. The number of carbonyl (C=O) groups excluding carboxylic acids is 1. The first-order valence-electron chi connectivity index (χ1n) is 3.72. The van der Waals surface area contributed by atoms with E-state index >= 15 is 0 Å². The van der Waals surface area contributed by atoms with Crippen molar-refractivity contribution in [1.29, 1.82) is 0 Å². The minimum absolute atomic E-state index is 0.642. The Labute approximate surface area is 69.2 Å². The topological polar surface area (TPSA) is 50.2 Å². The normalized spacial score (nSPS) is 10.8. The third-order valence-electron chi connectivity index (χ3n) is 1.98. The fraction of sp³-hybridized carbons (Fsp3) is 0.250. The lowest BCUT2D eigenvalue weighted by atomic mass is 10.3. The van der Waals surface area contributed by atoms with Crippen LogP contribution in [0.1, 0.15) is 21.7 Å². The van der Waals surface area contributed by atoms with Gasteiger partial charge in [-0.15, -0.1) is 0 Å². The van der Waals surface area contributed by atoms with Crippen molar-refractivity contribution in [2.45, 2.75) is 13.8 Å². The summed E-state index contributed by atoms with van der Waals surface area (Å²) in [7, 11) is 0. The highest BCUT2D eigenvalue weighted by Gasteiger charge is 2.09. The number of imidazole rings is 1. The number of hydrogen-bond acceptors (Lipinski definition) is 2. The van der Waals surface area contributed by atoms with Gasteiger partial charge in [0.25, 0.3) is 0 Å². The average Bonchev–Trinajstić information content (AvgIpc) is 2.52. The lowest BCUT2D eigenvalue weighted by Crippen LogP contribution is -1.85. The molecule has 62 valence electrons. The summed E-state index contributed by atoms with van der Waals surface area (Å²) in [4.78, 5) is 14.7. The second-order valence-corrected chi connectivity index (χ2v) is 2.83. The molecule has 0 unspecified atom stereocenters. The molecular weight excluding hydrogens is 154 g/mol. The SMILES string of the molecule is Cc1[nH]n2c(C)cnc2c1C=O. The smallest absolute Gasteiger partial charge is 0.164 e. The molecule has 0 aliphatic carbocycles. The molecule has 4 heteroatoms. The monoisotopic (exact) mass is 163 g/mol. The minimum atomic E-state index is 0.642. The molecule has 2 heterocycles. The van der Waals surface area contributed by atoms with Crippen LogP contribution < -0.4 is 0 Å². The van der Waals surface area contributed by atoms with E-state index in [4.69, 9.17) is 0 Å². The van der Waals surface area contributed by atoms with Gasteiger partial charge in [-0.3, -0.25) is 9.89 Å². The Balaban J connectivity index is 2.90. The molecule has 0 radical (unpaired) electrons. The number of aromatic amines is 1. The van der Waals surface area contributed by atoms with Gasteiger partial charge in [-0.2, -0.15) is 0 Å². The van der Waals surface area contributed by atoms with E-state index in [1.807, 2.05) is 13.8 Å². The van der Waals surface area contributed by atoms with E-state index < -0.39 is 0 Å². The number of rotatable bonds is 1. The maximum absolute atomic E-state index is 10.6. The minimum Gasteiger partial charge on any atom is -0.298 e. The van der Waals surface area contributed by atoms with E-state index in [2.05, 4.69) is 10.1 Å². The molecule has 0 atom stereocenters. The van der Waals surface area contributed by atoms with Crippen LogP contribution in [0.3, 0.4) is 0 Å². The summed E-state index contributed by atoms with van der Waals surface area (Å²) in [5, 5.41) is 3.05. The van der Waals surface area contributed by atoms with Crippen molar-refractivity contribution < 1.29 is 4.79 Å². The van der Waals surface area contributed by atoms with Gasteiger partial charge in [0.15, 0.2) is 11.9 Å². The molecule has 2 aromatic heterocycles. The van der Waals surface area contributed by atoms with Gasteiger partial charge in [0, 0.05) is 5.69 Å². The molecule has 0 aliphatic rings. The van der Waals surface area contributed by atoms with Crippen LogP contribution in [0, 0.1) is 13.8 Å². The van der Waals surface area contributed by atoms with Gasteiger partial charge in [-0.25, -0.2) is 9.50 Å². The van der Waals surface area contributed by atoms with Gasteiger partial charge >= 0.3 is 0 Å². The van der Waals surface area contributed by atoms with Crippen molar-refractivity contribution in [3.05, 3.63) is 23.1 Å². The van der Waals surface area contributed by atoms with Crippen LogP contribution in [0.2, 0.25) is 0 Å². The fourth-order valence-electron chi connectivity index (χ4n) is 1.30. The molecule has 0 spiro atoms. The summed E-state index contributed by atoms with van der Waals surface area (Å²) in [6.07, 6.45) is 2.56. The first-order chi connectivity index (χ1) is 5.74. The maximum atomic E-state index is 10.6. The third kappa shape index (κ3) is 0.717. The number of nitrogens with one attached hydrogen (secondary N) is 1. The van der Waals surface area contributed by atoms with E-state index in [9.17, 15) is 4.79 Å². The van der Waals surface area contributed by atoms with E-state index in [0.29, 0.717) is 11.2 Å². The van der Waals surface area contributed by atoms with Crippen LogP contribution in [0.25, 0.3) is 5.65 Å². The third-order valence-corrected chi connectivity index (χ3v) is 1.98. The van der Waals surface area contributed by atoms with Crippen molar-refractivity contribution in [2.24, 2.45) is 0 Å². The highest BCUT2D eigenvalue weighted by molar-refractivity contribution is 5.85. The number of nitrogens with zero attached hydrogens (tertiary/aromatic N) is 2. The Hall–Kier alpha value is -1.58. The predicted octanol–water partition coefficient (Wildman–Crippen LogP) is 1.09. The van der Waals surface area contributed by atoms with Crippen molar-refractivity contribution >= 4 is 11.9 Å². The molecule has 0 saturated heterocycles. The Morgan fingerprint density at radius 3 is 3.00 bits per heavy atom. The largest absolute Gasteiger partial charge is 0.298 e. The van der Waals surface area contributed by atoms with Crippen LogP contribution in [0.15, 0.2) is 6.20 Å². The highest BCUT2D eigenvalue weighted by atomic mass is 16.1. The Morgan fingerprint density at radius 1 is 1.58 bits per heavy atom. The van der Waals surface area contributed by atoms with Gasteiger partial charge in [0.2, 0.25) is 0 Å². The average molecular weight is 163 g/mol. The molecule has 0 amide bonds. The summed E-state index contributed by atoms with van der Waals surface area (Å²) in [5.41, 5.74) is 3.21. The molecule has 2 aromatic rings. The standard InChI is InChI=1S/C8H9N3O/c1-5-3-9-8-7(4-12)6(2)10-11(5)8/h3-4,10H,1-2H3. The zero-order chi connectivity index (χ0) is 8.72. The number of aryl methyl sites for hydroxylation is 2. The van der Waals surface area contributed by atoms with E-state index in [1.165, 1.54) is 0 Å². The van der Waals surface area contributed by atoms with Crippen LogP contribution in [0.5, 0.6) is 0 Å². The molecule has 0 aromatic carbocycles. The van der Waals surface area contributed by atoms with Crippen LogP contribution >= 0.6 is 0 Å². The Kier molecular flexibility index (Phi) is 1.30. The van der Waals surface area contributed by atoms with Crippen LogP contribution in [-0.4, -0.2) is 20.9 Å². The highest BCUT2D eigenvalue weighted by Crippen LogP contribution is 2.12. The number of aromatic nitrogens is 3. The zero-order valence-electron chi connectivity index (χ0n) is 6.96. The van der Waals surface area contributed by atoms with Crippen molar-refractivity contribution in [3.63, 3.8) is 0 Å². The number of aldehydes is 1. The van der Waals surface area contributed by atoms with E-state index in [0.717, 1.165) is 17.7 Å². The number of H-pyrrole nitrogens is 1. The van der Waals surface area contributed by atoms with Crippen LogP contribution in [0.4, 0.5) is 0 Å². The summed E-state index contributed by atoms with van der Waals surface area (Å²) in [5.74, 6) is 0. The molecular formula is C8H9N3O. The Bertz CT molecular complexity index is 438. The Morgan fingerprint density at radius 2 is 2.33 bits per heavy atom. The maximum Gasteiger partial charge on any atom is 0.164 e. The first kappa shape index (κ1) is 7.09. The number of carbonyl (C=O) groups is 1. The molecule has 0 saturated carbocycles. The first-order valence-corrected chi connectivity index (χ1v) is 3.72. The van der Waals surface area contributed by atoms with Crippen molar-refractivity contribution in [2.75, 3.05) is 0 Å². The van der Waals surface area contributed by atoms with Gasteiger partial charge < -0.3 is 0 Å². The van der Waals surface area contributed by atoms with E-state index in [-0.39, 0.29) is 0 Å². The summed E-state index contributed by atoms with van der Waals surface area (Å²) in [6, 6.07) is 0.